The van der Waals surface area contributed by atoms with Gasteiger partial charge in [0.1, 0.15) is 0 Å². The molecule has 2 heteroatoms. The van der Waals surface area contributed by atoms with Gasteiger partial charge in [0, 0.05) is 15.0 Å². The molecular weight excluding hydrogens is 216 g/mol. The van der Waals surface area contributed by atoms with Crippen molar-refractivity contribution in [1.29, 1.82) is 0 Å². The molecule has 1 atom stereocenters. The van der Waals surface area contributed by atoms with Crippen molar-refractivity contribution < 1.29 is 5.11 Å². The van der Waals surface area contributed by atoms with Gasteiger partial charge in [0.15, 0.2) is 0 Å². The topological polar surface area (TPSA) is 20.2 Å². The van der Waals surface area contributed by atoms with Crippen molar-refractivity contribution in [2.45, 2.75) is 25.7 Å². The maximum atomic E-state index is 9.68. The van der Waals surface area contributed by atoms with Gasteiger partial charge < -0.3 is 5.11 Å². The van der Waals surface area contributed by atoms with Gasteiger partial charge in [0.25, 0.3) is 0 Å². The lowest BCUT2D eigenvalue weighted by Crippen LogP contribution is -2.17. The van der Waals surface area contributed by atoms with Crippen molar-refractivity contribution in [3.05, 3.63) is 35.2 Å². The number of aliphatic hydroxyl groups excluding tert-OH is 1. The van der Waals surface area contributed by atoms with E-state index in [2.05, 4.69) is 44.2 Å². The van der Waals surface area contributed by atoms with Crippen molar-refractivity contribution >= 4 is 21.4 Å². The van der Waals surface area contributed by atoms with Gasteiger partial charge in [-0.25, -0.2) is 0 Å². The predicted molar refractivity (Wildman–Crippen MR) is 69.0 cm³/mol. The highest BCUT2D eigenvalue weighted by molar-refractivity contribution is 7.19. The van der Waals surface area contributed by atoms with Crippen molar-refractivity contribution in [1.82, 2.24) is 0 Å². The van der Waals surface area contributed by atoms with Crippen LogP contribution >= 0.6 is 11.3 Å². The molecule has 3 rings (SSSR count). The minimum Gasteiger partial charge on any atom is -0.395 e. The fraction of sp³-hybridized carbons (Fsp3) is 0.429. The molecule has 1 aromatic carbocycles. The quantitative estimate of drug-likeness (QED) is 0.839. The zero-order chi connectivity index (χ0) is 11.4. The number of hydrogen-bond acceptors (Lipinski definition) is 2. The Balaban J connectivity index is 2.13. The third kappa shape index (κ3) is 1.20. The minimum atomic E-state index is 0.0245. The molecule has 16 heavy (non-hydrogen) atoms. The van der Waals surface area contributed by atoms with Gasteiger partial charge in [-0.05, 0) is 29.4 Å². The van der Waals surface area contributed by atoms with E-state index in [1.165, 1.54) is 15.0 Å². The highest BCUT2D eigenvalue weighted by Gasteiger charge is 2.62. The van der Waals surface area contributed by atoms with Crippen LogP contribution < -0.4 is 0 Å². The summed E-state index contributed by atoms with van der Waals surface area (Å²) in [6.45, 7) is 4.76. The first-order valence-corrected chi connectivity index (χ1v) is 6.51. The van der Waals surface area contributed by atoms with Gasteiger partial charge in [-0.1, -0.05) is 32.0 Å². The summed E-state index contributed by atoms with van der Waals surface area (Å²) in [5.74, 6) is 0. The van der Waals surface area contributed by atoms with Gasteiger partial charge in [0.2, 0.25) is 0 Å². The van der Waals surface area contributed by atoms with E-state index in [0.717, 1.165) is 6.42 Å². The number of benzene rings is 1. The van der Waals surface area contributed by atoms with Crippen LogP contribution in [0.3, 0.4) is 0 Å². The summed E-state index contributed by atoms with van der Waals surface area (Å²) in [6.07, 6.45) is 1.10. The van der Waals surface area contributed by atoms with E-state index >= 15 is 0 Å². The normalized spacial score (nSPS) is 27.2. The number of rotatable bonds is 2. The van der Waals surface area contributed by atoms with E-state index in [1.54, 1.807) is 0 Å². The van der Waals surface area contributed by atoms with E-state index in [9.17, 15) is 5.11 Å². The summed E-state index contributed by atoms with van der Waals surface area (Å²) in [7, 11) is 0. The van der Waals surface area contributed by atoms with Crippen LogP contribution in [0.4, 0.5) is 0 Å². The molecule has 1 aromatic heterocycles. The SMILES string of the molecule is CC1(C)CC1(CO)c1cc2ccccc2s1. The number of aliphatic hydroxyl groups is 1. The fourth-order valence-corrected chi connectivity index (χ4v) is 4.12. The third-order valence-electron chi connectivity index (χ3n) is 4.08. The summed E-state index contributed by atoms with van der Waals surface area (Å²) in [5, 5.41) is 11.0. The highest BCUT2D eigenvalue weighted by atomic mass is 32.1. The molecule has 0 amide bonds. The molecular formula is C14H16OS. The Kier molecular flexibility index (Phi) is 1.99. The Morgan fingerprint density at radius 1 is 1.31 bits per heavy atom. The van der Waals surface area contributed by atoms with Crippen LogP contribution in [0.5, 0.6) is 0 Å². The summed E-state index contributed by atoms with van der Waals surface area (Å²) in [4.78, 5) is 1.35. The van der Waals surface area contributed by atoms with Crippen molar-refractivity contribution in [3.63, 3.8) is 0 Å². The van der Waals surface area contributed by atoms with Crippen molar-refractivity contribution in [2.75, 3.05) is 6.61 Å². The monoisotopic (exact) mass is 232 g/mol. The standard InChI is InChI=1S/C14H16OS/c1-13(2)8-14(13,9-15)12-7-10-5-3-4-6-11(10)16-12/h3-7,15H,8-9H2,1-2H3. The molecule has 0 bridgehead atoms. The van der Waals surface area contributed by atoms with Gasteiger partial charge in [-0.3, -0.25) is 0 Å². The Morgan fingerprint density at radius 2 is 2.00 bits per heavy atom. The highest BCUT2D eigenvalue weighted by Crippen LogP contribution is 2.65. The van der Waals surface area contributed by atoms with E-state index in [-0.39, 0.29) is 17.4 Å². The molecule has 0 aliphatic heterocycles. The molecule has 0 saturated heterocycles. The van der Waals surface area contributed by atoms with Gasteiger partial charge in [-0.15, -0.1) is 11.3 Å². The molecule has 0 spiro atoms. The average Bonchev–Trinajstić information content (AvgIpc) is 2.67. The van der Waals surface area contributed by atoms with Crippen LogP contribution in [-0.4, -0.2) is 11.7 Å². The van der Waals surface area contributed by atoms with Crippen LogP contribution in [0, 0.1) is 5.41 Å². The molecule has 1 unspecified atom stereocenters. The lowest BCUT2D eigenvalue weighted by Gasteiger charge is -2.15. The molecule has 1 aliphatic rings. The molecule has 1 nitrogen and oxygen atoms in total. The third-order valence-corrected chi connectivity index (χ3v) is 5.40. The maximum Gasteiger partial charge on any atom is 0.0541 e. The van der Waals surface area contributed by atoms with Gasteiger partial charge >= 0.3 is 0 Å². The van der Waals surface area contributed by atoms with Crippen LogP contribution in [0.2, 0.25) is 0 Å². The zero-order valence-electron chi connectivity index (χ0n) is 9.66. The molecule has 84 valence electrons. The van der Waals surface area contributed by atoms with Crippen LogP contribution in [0.1, 0.15) is 25.1 Å². The molecule has 2 aromatic rings. The molecule has 1 fully saturated rings. The summed E-state index contributed by atoms with van der Waals surface area (Å²) in [6, 6.07) is 10.7. The Labute approximate surface area is 99.7 Å². The molecule has 1 aliphatic carbocycles. The average molecular weight is 232 g/mol. The molecule has 1 heterocycles. The van der Waals surface area contributed by atoms with Crippen LogP contribution in [0.25, 0.3) is 10.1 Å². The molecule has 1 saturated carbocycles. The smallest absolute Gasteiger partial charge is 0.0541 e. The lowest BCUT2D eigenvalue weighted by molar-refractivity contribution is 0.233. The van der Waals surface area contributed by atoms with Crippen molar-refractivity contribution in [3.8, 4) is 0 Å². The van der Waals surface area contributed by atoms with Crippen LogP contribution in [0.15, 0.2) is 30.3 Å². The lowest BCUT2D eigenvalue weighted by atomic mass is 9.95. The molecule has 1 N–H and O–H groups in total. The van der Waals surface area contributed by atoms with Gasteiger partial charge in [0.05, 0.1) is 6.61 Å². The summed E-state index contributed by atoms with van der Waals surface area (Å²) >= 11 is 1.83. The maximum absolute atomic E-state index is 9.68. The van der Waals surface area contributed by atoms with E-state index in [0.29, 0.717) is 0 Å². The number of fused-ring (bicyclic) bond motifs is 1. The van der Waals surface area contributed by atoms with E-state index in [1.807, 2.05) is 11.3 Å². The second-order valence-electron chi connectivity index (χ2n) is 5.45. The Bertz CT molecular complexity index is 507. The largest absolute Gasteiger partial charge is 0.395 e. The fourth-order valence-electron chi connectivity index (χ4n) is 2.70. The second-order valence-corrected chi connectivity index (χ2v) is 6.53. The first-order valence-electron chi connectivity index (χ1n) is 5.69. The zero-order valence-corrected chi connectivity index (χ0v) is 10.5. The van der Waals surface area contributed by atoms with Gasteiger partial charge in [-0.2, -0.15) is 0 Å². The first kappa shape index (κ1) is 10.3. The summed E-state index contributed by atoms with van der Waals surface area (Å²) in [5.41, 5.74) is 0.277. The summed E-state index contributed by atoms with van der Waals surface area (Å²) < 4.78 is 1.33. The van der Waals surface area contributed by atoms with E-state index < -0.39 is 0 Å². The Morgan fingerprint density at radius 3 is 2.56 bits per heavy atom. The minimum absolute atomic E-state index is 0.0245. The van der Waals surface area contributed by atoms with E-state index in [4.69, 9.17) is 0 Å². The van der Waals surface area contributed by atoms with Crippen molar-refractivity contribution in [2.24, 2.45) is 5.41 Å². The van der Waals surface area contributed by atoms with Crippen LogP contribution in [-0.2, 0) is 5.41 Å². The predicted octanol–water partition coefficient (Wildman–Crippen LogP) is 3.56. The number of hydrogen-bond donors (Lipinski definition) is 1. The Hall–Kier alpha value is -0.860. The molecule has 0 radical (unpaired) electrons. The first-order chi connectivity index (χ1) is 7.59. The second kappa shape index (κ2) is 3.08. The number of thiophene rings is 1.